The Balaban J connectivity index is 2.14. The van der Waals surface area contributed by atoms with Crippen LogP contribution in [0, 0.1) is 0 Å². The smallest absolute Gasteiger partial charge is 0.127 e. The molecule has 3 heteroatoms. The van der Waals surface area contributed by atoms with Crippen molar-refractivity contribution in [3.05, 3.63) is 59.7 Å². The van der Waals surface area contributed by atoms with Crippen LogP contribution in [0.5, 0.6) is 11.5 Å². The van der Waals surface area contributed by atoms with Crippen LogP contribution in [0.3, 0.4) is 0 Å². The Kier molecular flexibility index (Phi) is 5.16. The molecule has 2 aromatic carbocycles. The molecule has 2 rings (SSSR count). The maximum Gasteiger partial charge on any atom is 0.127 e. The minimum atomic E-state index is 0.0517. The second-order valence-corrected chi connectivity index (χ2v) is 4.73. The fourth-order valence-electron chi connectivity index (χ4n) is 2.20. The summed E-state index contributed by atoms with van der Waals surface area (Å²) >= 11 is 0. The molecular weight excluding hydrogens is 250 g/mol. The lowest BCUT2D eigenvalue weighted by molar-refractivity contribution is 0.281. The van der Waals surface area contributed by atoms with E-state index in [-0.39, 0.29) is 6.61 Å². The third kappa shape index (κ3) is 3.59. The molecule has 0 bridgehead atoms. The van der Waals surface area contributed by atoms with Crippen LogP contribution in [0.2, 0.25) is 0 Å². The highest BCUT2D eigenvalue weighted by Crippen LogP contribution is 2.25. The molecule has 0 saturated carbocycles. The van der Waals surface area contributed by atoms with E-state index >= 15 is 0 Å². The van der Waals surface area contributed by atoms with Crippen LogP contribution in [-0.2, 0) is 6.61 Å². The first-order valence-corrected chi connectivity index (χ1v) is 6.91. The number of nitrogens with one attached hydrogen (secondary N) is 1. The molecule has 0 heterocycles. The van der Waals surface area contributed by atoms with Crippen molar-refractivity contribution < 1.29 is 9.84 Å². The van der Waals surface area contributed by atoms with Gasteiger partial charge >= 0.3 is 0 Å². The molecule has 20 heavy (non-hydrogen) atoms. The summed E-state index contributed by atoms with van der Waals surface area (Å²) in [6.07, 6.45) is 1.03. The molecule has 106 valence electrons. The largest absolute Gasteiger partial charge is 0.457 e. The zero-order valence-corrected chi connectivity index (χ0v) is 12.0. The molecule has 0 aliphatic carbocycles. The molecule has 0 aromatic heterocycles. The SMILES string of the molecule is CCC(NC)c1cccc(Oc2ccc(CO)cc2)c1. The van der Waals surface area contributed by atoms with Crippen molar-refractivity contribution in [3.8, 4) is 11.5 Å². The van der Waals surface area contributed by atoms with E-state index in [0.29, 0.717) is 6.04 Å². The molecule has 0 aliphatic rings. The first-order valence-electron chi connectivity index (χ1n) is 6.91. The van der Waals surface area contributed by atoms with Gasteiger partial charge in [0.25, 0.3) is 0 Å². The van der Waals surface area contributed by atoms with Crippen molar-refractivity contribution >= 4 is 0 Å². The van der Waals surface area contributed by atoms with Crippen molar-refractivity contribution in [3.63, 3.8) is 0 Å². The van der Waals surface area contributed by atoms with Gasteiger partial charge in [0.05, 0.1) is 6.61 Å². The Morgan fingerprint density at radius 2 is 1.85 bits per heavy atom. The molecule has 0 fully saturated rings. The van der Waals surface area contributed by atoms with E-state index in [1.165, 1.54) is 5.56 Å². The van der Waals surface area contributed by atoms with Crippen LogP contribution >= 0.6 is 0 Å². The summed E-state index contributed by atoms with van der Waals surface area (Å²) in [6, 6.07) is 15.9. The summed E-state index contributed by atoms with van der Waals surface area (Å²) in [5.74, 6) is 1.60. The summed E-state index contributed by atoms with van der Waals surface area (Å²) in [7, 11) is 1.97. The van der Waals surface area contributed by atoms with Crippen LogP contribution in [0.4, 0.5) is 0 Å². The van der Waals surface area contributed by atoms with Crippen LogP contribution in [-0.4, -0.2) is 12.2 Å². The Morgan fingerprint density at radius 3 is 2.45 bits per heavy atom. The first kappa shape index (κ1) is 14.6. The molecule has 0 amide bonds. The van der Waals surface area contributed by atoms with E-state index in [9.17, 15) is 0 Å². The summed E-state index contributed by atoms with van der Waals surface area (Å²) in [5.41, 5.74) is 2.10. The Hall–Kier alpha value is -1.84. The number of ether oxygens (including phenoxy) is 1. The summed E-state index contributed by atoms with van der Waals surface area (Å²) in [4.78, 5) is 0. The number of hydrogen-bond acceptors (Lipinski definition) is 3. The molecule has 2 N–H and O–H groups in total. The summed E-state index contributed by atoms with van der Waals surface area (Å²) < 4.78 is 5.85. The van der Waals surface area contributed by atoms with Gasteiger partial charge in [-0.2, -0.15) is 0 Å². The topological polar surface area (TPSA) is 41.5 Å². The zero-order valence-electron chi connectivity index (χ0n) is 12.0. The van der Waals surface area contributed by atoms with Gasteiger partial charge in [0.15, 0.2) is 0 Å². The van der Waals surface area contributed by atoms with Crippen LogP contribution in [0.1, 0.15) is 30.5 Å². The highest BCUT2D eigenvalue weighted by Gasteiger charge is 2.07. The van der Waals surface area contributed by atoms with Gasteiger partial charge in [-0.15, -0.1) is 0 Å². The standard InChI is InChI=1S/C17H21NO2/c1-3-17(18-2)14-5-4-6-16(11-14)20-15-9-7-13(12-19)8-10-15/h4-11,17-19H,3,12H2,1-2H3. The quantitative estimate of drug-likeness (QED) is 0.842. The number of hydrogen-bond donors (Lipinski definition) is 2. The normalized spacial score (nSPS) is 12.2. The van der Waals surface area contributed by atoms with Crippen molar-refractivity contribution in [1.29, 1.82) is 0 Å². The van der Waals surface area contributed by atoms with Gasteiger partial charge < -0.3 is 15.2 Å². The summed E-state index contributed by atoms with van der Waals surface area (Å²) in [5, 5.41) is 12.3. The van der Waals surface area contributed by atoms with E-state index < -0.39 is 0 Å². The van der Waals surface area contributed by atoms with Crippen molar-refractivity contribution in [2.75, 3.05) is 7.05 Å². The van der Waals surface area contributed by atoms with Crippen molar-refractivity contribution in [1.82, 2.24) is 5.32 Å². The fourth-order valence-corrected chi connectivity index (χ4v) is 2.20. The highest BCUT2D eigenvalue weighted by atomic mass is 16.5. The summed E-state index contributed by atoms with van der Waals surface area (Å²) in [6.45, 7) is 2.21. The molecule has 3 nitrogen and oxygen atoms in total. The van der Waals surface area contributed by atoms with E-state index in [4.69, 9.17) is 9.84 Å². The molecule has 0 aliphatic heterocycles. The lowest BCUT2D eigenvalue weighted by atomic mass is 10.0. The van der Waals surface area contributed by atoms with Crippen molar-refractivity contribution in [2.45, 2.75) is 26.0 Å². The Morgan fingerprint density at radius 1 is 1.10 bits per heavy atom. The van der Waals surface area contributed by atoms with Gasteiger partial charge in [0.2, 0.25) is 0 Å². The first-order chi connectivity index (χ1) is 9.76. The molecule has 2 aromatic rings. The molecule has 1 unspecified atom stereocenters. The second kappa shape index (κ2) is 7.08. The molecular formula is C17H21NO2. The average molecular weight is 271 g/mol. The molecule has 1 atom stereocenters. The third-order valence-corrected chi connectivity index (χ3v) is 3.36. The Bertz CT molecular complexity index is 533. The molecule has 0 radical (unpaired) electrons. The van der Waals surface area contributed by atoms with Crippen LogP contribution < -0.4 is 10.1 Å². The van der Waals surface area contributed by atoms with Gasteiger partial charge in [0.1, 0.15) is 11.5 Å². The van der Waals surface area contributed by atoms with Gasteiger partial charge in [-0.3, -0.25) is 0 Å². The van der Waals surface area contributed by atoms with E-state index in [1.54, 1.807) is 0 Å². The van der Waals surface area contributed by atoms with Crippen LogP contribution in [0.25, 0.3) is 0 Å². The van der Waals surface area contributed by atoms with E-state index in [2.05, 4.69) is 24.4 Å². The van der Waals surface area contributed by atoms with Gasteiger partial charge in [-0.05, 0) is 48.9 Å². The predicted molar refractivity (Wildman–Crippen MR) is 81.0 cm³/mol. The van der Waals surface area contributed by atoms with Gasteiger partial charge in [0, 0.05) is 6.04 Å². The molecule has 0 saturated heterocycles. The minimum absolute atomic E-state index is 0.0517. The zero-order chi connectivity index (χ0) is 14.4. The number of rotatable bonds is 6. The Labute approximate surface area is 120 Å². The lowest BCUT2D eigenvalue weighted by Crippen LogP contribution is -2.14. The maximum absolute atomic E-state index is 9.02. The van der Waals surface area contributed by atoms with Gasteiger partial charge in [-0.1, -0.05) is 31.2 Å². The number of aliphatic hydroxyl groups is 1. The lowest BCUT2D eigenvalue weighted by Gasteiger charge is -2.15. The van der Waals surface area contributed by atoms with Crippen molar-refractivity contribution in [2.24, 2.45) is 0 Å². The monoisotopic (exact) mass is 271 g/mol. The predicted octanol–water partition coefficient (Wildman–Crippen LogP) is 3.64. The minimum Gasteiger partial charge on any atom is -0.457 e. The number of aliphatic hydroxyl groups excluding tert-OH is 1. The number of benzene rings is 2. The van der Waals surface area contributed by atoms with Crippen LogP contribution in [0.15, 0.2) is 48.5 Å². The fraction of sp³-hybridized carbons (Fsp3) is 0.294. The van der Waals surface area contributed by atoms with E-state index in [1.807, 2.05) is 43.4 Å². The second-order valence-electron chi connectivity index (χ2n) is 4.73. The molecule has 0 spiro atoms. The highest BCUT2D eigenvalue weighted by molar-refractivity contribution is 5.36. The average Bonchev–Trinajstić information content (AvgIpc) is 2.50. The third-order valence-electron chi connectivity index (χ3n) is 3.36. The maximum atomic E-state index is 9.02. The van der Waals surface area contributed by atoms with Gasteiger partial charge in [-0.25, -0.2) is 0 Å². The van der Waals surface area contributed by atoms with E-state index in [0.717, 1.165) is 23.5 Å².